The van der Waals surface area contributed by atoms with Crippen LogP contribution in [0.1, 0.15) is 39.0 Å². The first-order valence-electron chi connectivity index (χ1n) is 5.62. The average molecular weight is 217 g/mol. The summed E-state index contributed by atoms with van der Waals surface area (Å²) in [4.78, 5) is 0. The molecule has 0 bridgehead atoms. The Morgan fingerprint density at radius 2 is 2.14 bits per heavy atom. The highest BCUT2D eigenvalue weighted by atomic mass is 35.5. The molecule has 0 saturated heterocycles. The zero-order chi connectivity index (χ0) is 10.4. The van der Waals surface area contributed by atoms with Crippen LogP contribution in [0.15, 0.2) is 12.2 Å². The molecule has 1 aliphatic carbocycles. The van der Waals surface area contributed by atoms with E-state index in [9.17, 15) is 0 Å². The van der Waals surface area contributed by atoms with Gasteiger partial charge in [-0.2, -0.15) is 0 Å². The van der Waals surface area contributed by atoms with Gasteiger partial charge >= 0.3 is 0 Å². The third-order valence-corrected chi connectivity index (χ3v) is 3.43. The summed E-state index contributed by atoms with van der Waals surface area (Å²) in [5.74, 6) is 1.27. The molecule has 2 heteroatoms. The summed E-state index contributed by atoms with van der Waals surface area (Å²) in [5.41, 5.74) is 0.993. The number of alkyl halides is 1. The molecule has 14 heavy (non-hydrogen) atoms. The van der Waals surface area contributed by atoms with Gasteiger partial charge in [0.1, 0.15) is 0 Å². The summed E-state index contributed by atoms with van der Waals surface area (Å²) >= 11 is 5.66. The Balaban J connectivity index is 2.29. The van der Waals surface area contributed by atoms with Crippen molar-refractivity contribution >= 4 is 11.6 Å². The van der Waals surface area contributed by atoms with Gasteiger partial charge in [0.25, 0.3) is 0 Å². The fraction of sp³-hybridized carbons (Fsp3) is 0.833. The minimum Gasteiger partial charge on any atom is -0.374 e. The summed E-state index contributed by atoms with van der Waals surface area (Å²) in [6.45, 7) is 6.75. The quantitative estimate of drug-likeness (QED) is 0.502. The molecule has 0 amide bonds. The van der Waals surface area contributed by atoms with Crippen molar-refractivity contribution in [3.05, 3.63) is 12.2 Å². The highest BCUT2D eigenvalue weighted by Gasteiger charge is 2.23. The predicted octanol–water partition coefficient (Wildman–Crippen LogP) is 3.77. The highest BCUT2D eigenvalue weighted by Crippen LogP contribution is 2.29. The van der Waals surface area contributed by atoms with Crippen molar-refractivity contribution in [3.63, 3.8) is 0 Å². The van der Waals surface area contributed by atoms with Crippen LogP contribution in [-0.2, 0) is 4.74 Å². The molecule has 1 rings (SSSR count). The van der Waals surface area contributed by atoms with E-state index in [0.29, 0.717) is 18.6 Å². The second-order valence-corrected chi connectivity index (χ2v) is 4.45. The van der Waals surface area contributed by atoms with E-state index in [4.69, 9.17) is 16.3 Å². The fourth-order valence-electron chi connectivity index (χ4n) is 2.12. The van der Waals surface area contributed by atoms with Crippen molar-refractivity contribution in [2.45, 2.75) is 45.1 Å². The molecule has 2 atom stereocenters. The number of halogens is 1. The summed E-state index contributed by atoms with van der Waals surface area (Å²) in [6.07, 6.45) is 6.91. The predicted molar refractivity (Wildman–Crippen MR) is 61.8 cm³/mol. The summed E-state index contributed by atoms with van der Waals surface area (Å²) in [7, 11) is 0. The van der Waals surface area contributed by atoms with E-state index in [-0.39, 0.29) is 0 Å². The maximum Gasteiger partial charge on any atom is 0.0689 e. The van der Waals surface area contributed by atoms with Crippen LogP contribution in [0.5, 0.6) is 0 Å². The smallest absolute Gasteiger partial charge is 0.0689 e. The molecule has 1 saturated carbocycles. The maximum absolute atomic E-state index is 5.86. The lowest BCUT2D eigenvalue weighted by Gasteiger charge is -2.30. The molecule has 0 N–H and O–H groups in total. The van der Waals surface area contributed by atoms with Gasteiger partial charge in [-0.15, -0.1) is 11.6 Å². The zero-order valence-corrected chi connectivity index (χ0v) is 9.85. The summed E-state index contributed by atoms with van der Waals surface area (Å²) in [6, 6.07) is 0. The molecule has 0 aromatic carbocycles. The molecule has 0 aliphatic heterocycles. The average Bonchev–Trinajstić information content (AvgIpc) is 2.26. The molecule has 82 valence electrons. The van der Waals surface area contributed by atoms with Crippen LogP contribution >= 0.6 is 11.6 Å². The molecule has 2 unspecified atom stereocenters. The van der Waals surface area contributed by atoms with E-state index < -0.39 is 0 Å². The van der Waals surface area contributed by atoms with E-state index in [2.05, 4.69) is 13.5 Å². The van der Waals surface area contributed by atoms with Gasteiger partial charge in [0.05, 0.1) is 12.7 Å². The Morgan fingerprint density at radius 1 is 1.43 bits per heavy atom. The molecule has 0 radical (unpaired) electrons. The van der Waals surface area contributed by atoms with Crippen LogP contribution in [0.25, 0.3) is 0 Å². The number of hydrogen-bond donors (Lipinski definition) is 0. The summed E-state index contributed by atoms with van der Waals surface area (Å²) in [5, 5.41) is 0. The van der Waals surface area contributed by atoms with Crippen molar-refractivity contribution in [1.82, 2.24) is 0 Å². The van der Waals surface area contributed by atoms with Gasteiger partial charge < -0.3 is 4.74 Å². The van der Waals surface area contributed by atoms with Crippen LogP contribution in [0, 0.1) is 5.92 Å². The molecular formula is C12H21ClO. The number of rotatable bonds is 5. The van der Waals surface area contributed by atoms with E-state index in [0.717, 1.165) is 11.5 Å². The monoisotopic (exact) mass is 216 g/mol. The minimum atomic E-state index is 0.453. The van der Waals surface area contributed by atoms with Gasteiger partial charge in [-0.1, -0.05) is 32.8 Å². The molecule has 1 aliphatic rings. The van der Waals surface area contributed by atoms with Gasteiger partial charge in [0.15, 0.2) is 0 Å². The Morgan fingerprint density at radius 3 is 2.79 bits per heavy atom. The van der Waals surface area contributed by atoms with E-state index in [1.807, 2.05) is 0 Å². The first-order chi connectivity index (χ1) is 6.77. The third-order valence-electron chi connectivity index (χ3n) is 3.05. The van der Waals surface area contributed by atoms with Crippen LogP contribution in [0.2, 0.25) is 0 Å². The molecule has 0 spiro atoms. The van der Waals surface area contributed by atoms with Crippen molar-refractivity contribution in [3.8, 4) is 0 Å². The van der Waals surface area contributed by atoms with E-state index in [1.165, 1.54) is 32.1 Å². The van der Waals surface area contributed by atoms with Gasteiger partial charge in [-0.3, -0.25) is 0 Å². The topological polar surface area (TPSA) is 9.23 Å². The molecule has 0 aromatic heterocycles. The first-order valence-corrected chi connectivity index (χ1v) is 6.15. The van der Waals surface area contributed by atoms with Crippen LogP contribution in [0.3, 0.4) is 0 Å². The lowest BCUT2D eigenvalue weighted by atomic mass is 9.85. The normalized spacial score (nSPS) is 27.6. The maximum atomic E-state index is 5.86. The Hall–Kier alpha value is -0.0100. The minimum absolute atomic E-state index is 0.453. The summed E-state index contributed by atoms with van der Waals surface area (Å²) < 4.78 is 5.86. The Labute approximate surface area is 92.5 Å². The SMILES string of the molecule is C=C(CCl)COC1CCCCC1CC. The molecule has 0 aromatic rings. The number of hydrogen-bond acceptors (Lipinski definition) is 1. The first kappa shape index (κ1) is 12.1. The van der Waals surface area contributed by atoms with Crippen LogP contribution in [0.4, 0.5) is 0 Å². The van der Waals surface area contributed by atoms with Crippen molar-refractivity contribution < 1.29 is 4.74 Å². The molecule has 1 nitrogen and oxygen atoms in total. The molecular weight excluding hydrogens is 196 g/mol. The lowest BCUT2D eigenvalue weighted by molar-refractivity contribution is -0.000261. The van der Waals surface area contributed by atoms with Crippen molar-refractivity contribution in [1.29, 1.82) is 0 Å². The van der Waals surface area contributed by atoms with Gasteiger partial charge in [0.2, 0.25) is 0 Å². The fourth-order valence-corrected chi connectivity index (χ4v) is 2.20. The second kappa shape index (κ2) is 6.47. The lowest BCUT2D eigenvalue weighted by Crippen LogP contribution is -2.28. The standard InChI is InChI=1S/C12H21ClO/c1-3-11-6-4-5-7-12(11)14-9-10(2)8-13/h11-12H,2-9H2,1H3. The largest absolute Gasteiger partial charge is 0.374 e. The van der Waals surface area contributed by atoms with Gasteiger partial charge in [0, 0.05) is 5.88 Å². The van der Waals surface area contributed by atoms with Crippen LogP contribution in [-0.4, -0.2) is 18.6 Å². The number of ether oxygens (including phenoxy) is 1. The molecule has 1 fully saturated rings. The zero-order valence-electron chi connectivity index (χ0n) is 9.10. The Kier molecular flexibility index (Phi) is 5.57. The third kappa shape index (κ3) is 3.62. The van der Waals surface area contributed by atoms with E-state index in [1.54, 1.807) is 0 Å². The second-order valence-electron chi connectivity index (χ2n) is 4.19. The van der Waals surface area contributed by atoms with Gasteiger partial charge in [-0.25, -0.2) is 0 Å². The van der Waals surface area contributed by atoms with Gasteiger partial charge in [-0.05, 0) is 24.3 Å². The molecule has 0 heterocycles. The van der Waals surface area contributed by atoms with E-state index >= 15 is 0 Å². The Bertz CT molecular complexity index is 179. The highest BCUT2D eigenvalue weighted by molar-refractivity contribution is 6.19. The van der Waals surface area contributed by atoms with Crippen LogP contribution < -0.4 is 0 Å². The van der Waals surface area contributed by atoms with Crippen molar-refractivity contribution in [2.75, 3.05) is 12.5 Å². The van der Waals surface area contributed by atoms with Crippen molar-refractivity contribution in [2.24, 2.45) is 5.92 Å².